The molecule has 0 aliphatic carbocycles. The van der Waals surface area contributed by atoms with Gasteiger partial charge < -0.3 is 24.0 Å². The van der Waals surface area contributed by atoms with Gasteiger partial charge in [-0.1, -0.05) is 6.07 Å². The van der Waals surface area contributed by atoms with Gasteiger partial charge in [0.1, 0.15) is 11.6 Å². The summed E-state index contributed by atoms with van der Waals surface area (Å²) in [5, 5.41) is 9.45. The number of methoxy groups -OCH3 is 1. The van der Waals surface area contributed by atoms with Crippen molar-refractivity contribution < 1.29 is 19.4 Å². The molecule has 9 heteroatoms. The molecule has 2 fully saturated rings. The first-order valence-corrected chi connectivity index (χ1v) is 11.4. The molecular formula is C24H29N5O4. The second kappa shape index (κ2) is 8.99. The third-order valence-electron chi connectivity index (χ3n) is 6.61. The summed E-state index contributed by atoms with van der Waals surface area (Å²) in [4.78, 5) is 25.7. The van der Waals surface area contributed by atoms with Crippen LogP contribution in [0.5, 0.6) is 5.88 Å². The number of carboxylic acids is 1. The van der Waals surface area contributed by atoms with Gasteiger partial charge in [-0.05, 0) is 37.6 Å². The summed E-state index contributed by atoms with van der Waals surface area (Å²) in [6.07, 6.45) is 1.17. The Hall–Kier alpha value is -3.17. The maximum atomic E-state index is 11.5. The molecule has 0 saturated carbocycles. The molecule has 0 amide bonds. The number of ether oxygens (including phenoxy) is 2. The Bertz CT molecular complexity index is 1160. The minimum absolute atomic E-state index is 0.156. The number of pyridine rings is 1. The Morgan fingerprint density at radius 3 is 2.79 bits per heavy atom. The van der Waals surface area contributed by atoms with Crippen LogP contribution >= 0.6 is 0 Å². The second-order valence-electron chi connectivity index (χ2n) is 8.73. The number of piperazine rings is 1. The van der Waals surface area contributed by atoms with Crippen molar-refractivity contribution in [1.29, 1.82) is 0 Å². The average Bonchev–Trinajstić information content (AvgIpc) is 3.13. The number of carbonyl (C=O) groups is 1. The van der Waals surface area contributed by atoms with Crippen LogP contribution in [0.1, 0.15) is 29.5 Å². The molecule has 174 valence electrons. The third-order valence-corrected chi connectivity index (χ3v) is 6.61. The van der Waals surface area contributed by atoms with Crippen LogP contribution in [0.3, 0.4) is 0 Å². The van der Waals surface area contributed by atoms with Gasteiger partial charge >= 0.3 is 5.97 Å². The van der Waals surface area contributed by atoms with Crippen molar-refractivity contribution in [3.63, 3.8) is 0 Å². The van der Waals surface area contributed by atoms with E-state index >= 15 is 0 Å². The Kier molecular flexibility index (Phi) is 5.90. The van der Waals surface area contributed by atoms with Crippen LogP contribution in [0, 0.1) is 0 Å². The van der Waals surface area contributed by atoms with E-state index in [1.165, 1.54) is 0 Å². The van der Waals surface area contributed by atoms with E-state index in [0.29, 0.717) is 25.0 Å². The molecule has 9 nitrogen and oxygen atoms in total. The minimum Gasteiger partial charge on any atom is -0.481 e. The molecule has 1 aromatic carbocycles. The summed E-state index contributed by atoms with van der Waals surface area (Å²) >= 11 is 0. The zero-order valence-electron chi connectivity index (χ0n) is 19.0. The summed E-state index contributed by atoms with van der Waals surface area (Å²) in [5.74, 6) is 1.57. The van der Waals surface area contributed by atoms with Gasteiger partial charge in [0.15, 0.2) is 0 Å². The van der Waals surface area contributed by atoms with E-state index in [0.717, 1.165) is 55.3 Å². The summed E-state index contributed by atoms with van der Waals surface area (Å²) < 4.78 is 13.1. The van der Waals surface area contributed by atoms with Crippen LogP contribution in [-0.4, -0.2) is 76.0 Å². The van der Waals surface area contributed by atoms with Crippen molar-refractivity contribution in [1.82, 2.24) is 19.4 Å². The Morgan fingerprint density at radius 1 is 1.24 bits per heavy atom. The molecular weight excluding hydrogens is 422 g/mol. The molecule has 33 heavy (non-hydrogen) atoms. The average molecular weight is 452 g/mol. The smallest absolute Gasteiger partial charge is 0.335 e. The molecule has 0 spiro atoms. The maximum Gasteiger partial charge on any atom is 0.335 e. The summed E-state index contributed by atoms with van der Waals surface area (Å²) in [6.45, 7) is 6.99. The molecule has 2 saturated heterocycles. The Morgan fingerprint density at radius 2 is 2.09 bits per heavy atom. The first kappa shape index (κ1) is 21.7. The molecule has 0 unspecified atom stereocenters. The van der Waals surface area contributed by atoms with E-state index in [9.17, 15) is 9.90 Å². The van der Waals surface area contributed by atoms with Crippen molar-refractivity contribution in [2.75, 3.05) is 38.3 Å². The molecule has 2 aromatic heterocycles. The fraction of sp³-hybridized carbons (Fsp3) is 0.458. The predicted molar refractivity (Wildman–Crippen MR) is 124 cm³/mol. The number of imidazole rings is 1. The SMILES string of the molecule is COc1cccc(N2CCN(Cc3nc4ccc(C(=O)O)cc4n3C[C@@H]3CCO3)[C@@H](C)C2)n1. The molecule has 3 aromatic rings. The zero-order chi connectivity index (χ0) is 22.9. The van der Waals surface area contributed by atoms with Crippen LogP contribution < -0.4 is 9.64 Å². The van der Waals surface area contributed by atoms with E-state index in [1.807, 2.05) is 18.2 Å². The topological polar surface area (TPSA) is 93.0 Å². The van der Waals surface area contributed by atoms with Crippen LogP contribution in [0.4, 0.5) is 5.82 Å². The highest BCUT2D eigenvalue weighted by molar-refractivity contribution is 5.92. The van der Waals surface area contributed by atoms with Gasteiger partial charge in [0.25, 0.3) is 0 Å². The van der Waals surface area contributed by atoms with E-state index in [1.54, 1.807) is 25.3 Å². The zero-order valence-corrected chi connectivity index (χ0v) is 19.0. The quantitative estimate of drug-likeness (QED) is 0.586. The summed E-state index contributed by atoms with van der Waals surface area (Å²) in [6, 6.07) is 11.3. The van der Waals surface area contributed by atoms with Gasteiger partial charge in [-0.2, -0.15) is 4.98 Å². The number of aromatic nitrogens is 3. The number of fused-ring (bicyclic) bond motifs is 1. The van der Waals surface area contributed by atoms with Crippen LogP contribution in [0.25, 0.3) is 11.0 Å². The fourth-order valence-electron chi connectivity index (χ4n) is 4.58. The molecule has 4 heterocycles. The minimum atomic E-state index is -0.929. The van der Waals surface area contributed by atoms with E-state index in [4.69, 9.17) is 14.5 Å². The van der Waals surface area contributed by atoms with Crippen LogP contribution in [-0.2, 0) is 17.8 Å². The molecule has 2 atom stereocenters. The van der Waals surface area contributed by atoms with Crippen molar-refractivity contribution in [3.8, 4) is 5.88 Å². The number of rotatable bonds is 7. The number of anilines is 1. The second-order valence-corrected chi connectivity index (χ2v) is 8.73. The van der Waals surface area contributed by atoms with Gasteiger partial charge in [0.2, 0.25) is 5.88 Å². The molecule has 1 N–H and O–H groups in total. The number of aromatic carboxylic acids is 1. The summed E-state index contributed by atoms with van der Waals surface area (Å²) in [5.41, 5.74) is 1.95. The van der Waals surface area contributed by atoms with Gasteiger partial charge in [-0.3, -0.25) is 4.90 Å². The lowest BCUT2D eigenvalue weighted by Gasteiger charge is -2.40. The van der Waals surface area contributed by atoms with Crippen LogP contribution in [0.15, 0.2) is 36.4 Å². The molecule has 0 bridgehead atoms. The van der Waals surface area contributed by atoms with Crippen molar-refractivity contribution in [2.45, 2.75) is 38.6 Å². The highest BCUT2D eigenvalue weighted by atomic mass is 16.5. The number of benzene rings is 1. The number of hydrogen-bond donors (Lipinski definition) is 1. The van der Waals surface area contributed by atoms with Gasteiger partial charge in [-0.15, -0.1) is 0 Å². The predicted octanol–water partition coefficient (Wildman–Crippen LogP) is 2.64. The molecule has 5 rings (SSSR count). The number of nitrogens with zero attached hydrogens (tertiary/aromatic N) is 5. The lowest BCUT2D eigenvalue weighted by Crippen LogP contribution is -2.52. The molecule has 0 radical (unpaired) electrons. The Labute approximate surface area is 192 Å². The van der Waals surface area contributed by atoms with Gasteiger partial charge in [-0.25, -0.2) is 9.78 Å². The maximum absolute atomic E-state index is 11.5. The Balaban J connectivity index is 1.37. The monoisotopic (exact) mass is 451 g/mol. The molecule has 2 aliphatic rings. The largest absolute Gasteiger partial charge is 0.481 e. The van der Waals surface area contributed by atoms with Crippen molar-refractivity contribution >= 4 is 22.8 Å². The van der Waals surface area contributed by atoms with Crippen molar-refractivity contribution in [3.05, 3.63) is 47.8 Å². The van der Waals surface area contributed by atoms with E-state index < -0.39 is 5.97 Å². The highest BCUT2D eigenvalue weighted by Crippen LogP contribution is 2.25. The lowest BCUT2D eigenvalue weighted by atomic mass is 10.1. The normalized spacial score (nSPS) is 21.2. The lowest BCUT2D eigenvalue weighted by molar-refractivity contribution is -0.0592. The van der Waals surface area contributed by atoms with Crippen molar-refractivity contribution in [2.24, 2.45) is 0 Å². The van der Waals surface area contributed by atoms with Gasteiger partial charge in [0.05, 0.1) is 42.9 Å². The van der Waals surface area contributed by atoms with Crippen LogP contribution in [0.2, 0.25) is 0 Å². The first-order valence-electron chi connectivity index (χ1n) is 11.4. The standard InChI is InChI=1S/C24H29N5O4/c1-16-13-28(21-4-3-5-23(26-21)32-2)10-9-27(16)15-22-25-19-7-6-17(24(30)31)12-20(19)29(22)14-18-8-11-33-18/h3-7,12,16,18H,8-11,13-15H2,1-2H3,(H,30,31)/t16-,18-/m0/s1. The van der Waals surface area contributed by atoms with E-state index in [-0.39, 0.29) is 11.7 Å². The van der Waals surface area contributed by atoms with Gasteiger partial charge in [0, 0.05) is 38.3 Å². The highest BCUT2D eigenvalue weighted by Gasteiger charge is 2.28. The number of carboxylic acid groups (broad SMARTS) is 1. The fourth-order valence-corrected chi connectivity index (χ4v) is 4.58. The molecule has 2 aliphatic heterocycles. The summed E-state index contributed by atoms with van der Waals surface area (Å²) in [7, 11) is 1.63. The number of hydrogen-bond acceptors (Lipinski definition) is 7. The first-order chi connectivity index (χ1) is 16.0. The third kappa shape index (κ3) is 4.38. The van der Waals surface area contributed by atoms with E-state index in [2.05, 4.69) is 26.3 Å².